The van der Waals surface area contributed by atoms with E-state index >= 15 is 0 Å². The number of rotatable bonds is 3. The summed E-state index contributed by atoms with van der Waals surface area (Å²) in [6, 6.07) is 9.74. The van der Waals surface area contributed by atoms with Crippen LogP contribution in [0.3, 0.4) is 0 Å². The minimum absolute atomic E-state index is 0.142. The summed E-state index contributed by atoms with van der Waals surface area (Å²) in [5.74, 6) is 0.142. The van der Waals surface area contributed by atoms with E-state index in [1.54, 1.807) is 0 Å². The highest BCUT2D eigenvalue weighted by atomic mass is 32.1. The summed E-state index contributed by atoms with van der Waals surface area (Å²) in [6.07, 6.45) is 0.492. The number of carbonyl (C=O) groups excluding carboxylic acids is 1. The lowest BCUT2D eigenvalue weighted by Crippen LogP contribution is -2.44. The van der Waals surface area contributed by atoms with Crippen LogP contribution in [0.1, 0.15) is 31.9 Å². The third-order valence-electron chi connectivity index (χ3n) is 3.02. The molecule has 0 spiro atoms. The lowest BCUT2D eigenvalue weighted by Gasteiger charge is -2.30. The number of thiocarbonyl (C=S) groups is 1. The molecule has 1 heterocycles. The monoisotopic (exact) mass is 260 g/mol. The fourth-order valence-corrected chi connectivity index (χ4v) is 2.42. The van der Waals surface area contributed by atoms with Gasteiger partial charge in [-0.15, -0.1) is 0 Å². The molecule has 2 rings (SSSR count). The molecule has 1 aromatic rings. The van der Waals surface area contributed by atoms with E-state index in [9.17, 15) is 4.79 Å². The predicted molar refractivity (Wildman–Crippen MR) is 76.1 cm³/mol. The average molecular weight is 260 g/mol. The molecule has 1 aromatic carbocycles. The highest BCUT2D eigenvalue weighted by molar-refractivity contribution is 7.80. The third kappa shape index (κ3) is 2.43. The van der Waals surface area contributed by atoms with Gasteiger partial charge < -0.3 is 10.6 Å². The van der Waals surface area contributed by atoms with Crippen molar-refractivity contribution in [3.05, 3.63) is 47.2 Å². The molecule has 1 aliphatic heterocycles. The van der Waals surface area contributed by atoms with Gasteiger partial charge in [0.1, 0.15) is 0 Å². The van der Waals surface area contributed by atoms with E-state index in [1.807, 2.05) is 44.2 Å². The third-order valence-corrected chi connectivity index (χ3v) is 3.24. The topological polar surface area (TPSA) is 41.1 Å². The number of benzene rings is 1. The van der Waals surface area contributed by atoms with Crippen LogP contribution in [0.2, 0.25) is 0 Å². The van der Waals surface area contributed by atoms with E-state index in [4.69, 9.17) is 12.2 Å². The van der Waals surface area contributed by atoms with Gasteiger partial charge in [0.05, 0.1) is 6.04 Å². The van der Waals surface area contributed by atoms with Crippen LogP contribution in [0.15, 0.2) is 41.6 Å². The molecule has 2 N–H and O–H groups in total. The maximum atomic E-state index is 12.1. The van der Waals surface area contributed by atoms with E-state index in [-0.39, 0.29) is 11.8 Å². The molecule has 1 unspecified atom stereocenters. The van der Waals surface area contributed by atoms with Gasteiger partial charge in [-0.3, -0.25) is 4.79 Å². The normalized spacial score (nSPS) is 19.2. The molecule has 0 aromatic heterocycles. The smallest absolute Gasteiger partial charge is 0.171 e. The standard InChI is InChI=1S/C14H16N2OS/c1-3-11(17)12-9(2)15-14(18)16-13(12)10-7-5-4-6-8-10/h4-8,13H,3H2,1-2H3,(H2,15,16,18). The van der Waals surface area contributed by atoms with Crippen molar-refractivity contribution in [1.82, 2.24) is 10.6 Å². The molecule has 0 aliphatic carbocycles. The Balaban J connectivity index is 2.46. The Morgan fingerprint density at radius 3 is 2.61 bits per heavy atom. The first-order chi connectivity index (χ1) is 8.63. The first-order valence-corrected chi connectivity index (χ1v) is 6.40. The zero-order chi connectivity index (χ0) is 13.1. The molecule has 0 saturated heterocycles. The van der Waals surface area contributed by atoms with Crippen LogP contribution in [0, 0.1) is 0 Å². The maximum absolute atomic E-state index is 12.1. The molecule has 18 heavy (non-hydrogen) atoms. The molecule has 3 nitrogen and oxygen atoms in total. The minimum atomic E-state index is -0.146. The number of carbonyl (C=O) groups is 1. The second-order valence-electron chi connectivity index (χ2n) is 4.26. The Hall–Kier alpha value is -1.68. The lowest BCUT2D eigenvalue weighted by molar-refractivity contribution is -0.115. The Morgan fingerprint density at radius 2 is 2.00 bits per heavy atom. The molecular formula is C14H16N2OS. The Morgan fingerprint density at radius 1 is 1.33 bits per heavy atom. The zero-order valence-corrected chi connectivity index (χ0v) is 11.3. The van der Waals surface area contributed by atoms with Crippen molar-refractivity contribution in [2.24, 2.45) is 0 Å². The Kier molecular flexibility index (Phi) is 3.77. The SMILES string of the molecule is CCC(=O)C1=C(C)NC(=S)NC1c1ccccc1. The fraction of sp³-hybridized carbons (Fsp3) is 0.286. The maximum Gasteiger partial charge on any atom is 0.171 e. The number of hydrogen-bond donors (Lipinski definition) is 2. The molecule has 0 fully saturated rings. The van der Waals surface area contributed by atoms with Gasteiger partial charge >= 0.3 is 0 Å². The van der Waals surface area contributed by atoms with Gasteiger partial charge in [-0.2, -0.15) is 0 Å². The number of allylic oxidation sites excluding steroid dienone is 1. The molecule has 4 heteroatoms. The molecule has 0 amide bonds. The molecule has 0 saturated carbocycles. The number of Topliss-reactive ketones (excluding diaryl/α,β-unsaturated/α-hetero) is 1. The quantitative estimate of drug-likeness (QED) is 0.819. The van der Waals surface area contributed by atoms with Crippen LogP contribution in [-0.2, 0) is 4.79 Å². The van der Waals surface area contributed by atoms with Crippen molar-refractivity contribution >= 4 is 23.1 Å². The van der Waals surface area contributed by atoms with Crippen molar-refractivity contribution in [1.29, 1.82) is 0 Å². The second kappa shape index (κ2) is 5.31. The largest absolute Gasteiger partial charge is 0.351 e. The van der Waals surface area contributed by atoms with Gasteiger partial charge in [0, 0.05) is 17.7 Å². The fourth-order valence-electron chi connectivity index (χ4n) is 2.15. The summed E-state index contributed by atoms with van der Waals surface area (Å²) in [6.45, 7) is 3.77. The first kappa shape index (κ1) is 12.8. The molecule has 0 bridgehead atoms. The Bertz CT molecular complexity index is 508. The summed E-state index contributed by atoms with van der Waals surface area (Å²) in [4.78, 5) is 12.1. The summed E-state index contributed by atoms with van der Waals surface area (Å²) >= 11 is 5.17. The molecule has 94 valence electrons. The van der Waals surface area contributed by atoms with Gasteiger partial charge in [0.2, 0.25) is 0 Å². The predicted octanol–water partition coefficient (Wildman–Crippen LogP) is 2.46. The average Bonchev–Trinajstić information content (AvgIpc) is 2.38. The summed E-state index contributed by atoms with van der Waals surface area (Å²) < 4.78 is 0. The summed E-state index contributed by atoms with van der Waals surface area (Å²) in [7, 11) is 0. The van der Waals surface area contributed by atoms with E-state index in [0.717, 1.165) is 16.8 Å². The van der Waals surface area contributed by atoms with Gasteiger partial charge in [-0.1, -0.05) is 37.3 Å². The van der Waals surface area contributed by atoms with Crippen molar-refractivity contribution in [3.8, 4) is 0 Å². The van der Waals surface area contributed by atoms with E-state index in [1.165, 1.54) is 0 Å². The zero-order valence-electron chi connectivity index (χ0n) is 10.5. The van der Waals surface area contributed by atoms with Gasteiger partial charge in [-0.25, -0.2) is 0 Å². The van der Waals surface area contributed by atoms with Crippen molar-refractivity contribution in [2.45, 2.75) is 26.3 Å². The van der Waals surface area contributed by atoms with Crippen LogP contribution < -0.4 is 10.6 Å². The molecular weight excluding hydrogens is 244 g/mol. The van der Waals surface area contributed by atoms with Crippen LogP contribution in [0.4, 0.5) is 0 Å². The van der Waals surface area contributed by atoms with Crippen molar-refractivity contribution in [3.63, 3.8) is 0 Å². The molecule has 1 aliphatic rings. The van der Waals surface area contributed by atoms with Crippen LogP contribution in [-0.4, -0.2) is 10.9 Å². The Labute approximate surface area is 112 Å². The van der Waals surface area contributed by atoms with E-state index in [0.29, 0.717) is 11.5 Å². The van der Waals surface area contributed by atoms with Gasteiger partial charge in [0.25, 0.3) is 0 Å². The van der Waals surface area contributed by atoms with Crippen molar-refractivity contribution in [2.75, 3.05) is 0 Å². The minimum Gasteiger partial charge on any atom is -0.351 e. The summed E-state index contributed by atoms with van der Waals surface area (Å²) in [5.41, 5.74) is 2.68. The van der Waals surface area contributed by atoms with E-state index < -0.39 is 0 Å². The van der Waals surface area contributed by atoms with Gasteiger partial charge in [-0.05, 0) is 24.7 Å². The number of ketones is 1. The summed E-state index contributed by atoms with van der Waals surface area (Å²) in [5, 5.41) is 6.76. The highest BCUT2D eigenvalue weighted by Crippen LogP contribution is 2.27. The van der Waals surface area contributed by atoms with Crippen LogP contribution in [0.5, 0.6) is 0 Å². The molecule has 0 radical (unpaired) electrons. The van der Waals surface area contributed by atoms with Crippen LogP contribution in [0.25, 0.3) is 0 Å². The van der Waals surface area contributed by atoms with Crippen LogP contribution >= 0.6 is 12.2 Å². The van der Waals surface area contributed by atoms with Crippen molar-refractivity contribution < 1.29 is 4.79 Å². The first-order valence-electron chi connectivity index (χ1n) is 6.00. The molecule has 1 atom stereocenters. The number of nitrogens with one attached hydrogen (secondary N) is 2. The van der Waals surface area contributed by atoms with E-state index in [2.05, 4.69) is 10.6 Å². The number of hydrogen-bond acceptors (Lipinski definition) is 2. The second-order valence-corrected chi connectivity index (χ2v) is 4.67. The lowest BCUT2D eigenvalue weighted by atomic mass is 9.92. The highest BCUT2D eigenvalue weighted by Gasteiger charge is 2.28. The van der Waals surface area contributed by atoms with Gasteiger partial charge in [0.15, 0.2) is 10.9 Å².